The molecule has 16 heavy (non-hydrogen) atoms. The fourth-order valence-electron chi connectivity index (χ4n) is 1.66. The lowest BCUT2D eigenvalue weighted by Gasteiger charge is -2.31. The summed E-state index contributed by atoms with van der Waals surface area (Å²) < 4.78 is 0. The highest BCUT2D eigenvalue weighted by molar-refractivity contribution is 7.09. The quantitative estimate of drug-likeness (QED) is 0.832. The molecule has 1 aromatic heterocycles. The molecule has 0 bridgehead atoms. The topological polar surface area (TPSA) is 53.4 Å². The van der Waals surface area contributed by atoms with Gasteiger partial charge in [0.1, 0.15) is 0 Å². The Morgan fingerprint density at radius 2 is 2.31 bits per heavy atom. The summed E-state index contributed by atoms with van der Waals surface area (Å²) in [5, 5.41) is 8.92. The molecule has 0 radical (unpaired) electrons. The van der Waals surface area contributed by atoms with Gasteiger partial charge in [-0.2, -0.15) is 0 Å². The number of hydrogen-bond donors (Lipinski definition) is 1. The Morgan fingerprint density at radius 3 is 2.75 bits per heavy atom. The van der Waals surface area contributed by atoms with Crippen molar-refractivity contribution in [3.63, 3.8) is 0 Å². The van der Waals surface area contributed by atoms with Gasteiger partial charge in [-0.1, -0.05) is 6.92 Å². The van der Waals surface area contributed by atoms with Crippen molar-refractivity contribution in [2.75, 3.05) is 6.54 Å². The van der Waals surface area contributed by atoms with Crippen LogP contribution in [0.1, 0.15) is 38.1 Å². The second kappa shape index (κ2) is 5.96. The Hall–Kier alpha value is -0.940. The van der Waals surface area contributed by atoms with Crippen molar-refractivity contribution in [1.82, 2.24) is 9.88 Å². The van der Waals surface area contributed by atoms with E-state index in [4.69, 9.17) is 5.11 Å². The van der Waals surface area contributed by atoms with Crippen LogP contribution in [-0.2, 0) is 4.79 Å². The van der Waals surface area contributed by atoms with Crippen LogP contribution in [-0.4, -0.2) is 33.5 Å². The van der Waals surface area contributed by atoms with E-state index in [9.17, 15) is 4.79 Å². The van der Waals surface area contributed by atoms with Gasteiger partial charge in [0.25, 0.3) is 0 Å². The second-order valence-electron chi connectivity index (χ2n) is 3.90. The molecule has 0 amide bonds. The van der Waals surface area contributed by atoms with Crippen LogP contribution in [0.15, 0.2) is 11.7 Å². The van der Waals surface area contributed by atoms with Crippen molar-refractivity contribution in [2.24, 2.45) is 0 Å². The molecule has 90 valence electrons. The second-order valence-corrected chi connectivity index (χ2v) is 4.82. The van der Waals surface area contributed by atoms with Crippen molar-refractivity contribution < 1.29 is 9.90 Å². The molecule has 1 rings (SSSR count). The van der Waals surface area contributed by atoms with Gasteiger partial charge in [-0.25, -0.2) is 0 Å². The van der Waals surface area contributed by atoms with Crippen LogP contribution in [0.4, 0.5) is 0 Å². The summed E-state index contributed by atoms with van der Waals surface area (Å²) in [6, 6.07) is 0.367. The maximum absolute atomic E-state index is 10.9. The average Bonchev–Trinajstić information content (AvgIpc) is 2.77. The Kier molecular flexibility index (Phi) is 4.89. The van der Waals surface area contributed by atoms with Crippen LogP contribution in [0.3, 0.4) is 0 Å². The number of carbonyl (C=O) groups is 1. The van der Waals surface area contributed by atoms with E-state index >= 15 is 0 Å². The lowest BCUT2D eigenvalue weighted by Crippen LogP contribution is -2.38. The van der Waals surface area contributed by atoms with Crippen molar-refractivity contribution in [1.29, 1.82) is 0 Å². The largest absolute Gasteiger partial charge is 0.480 e. The van der Waals surface area contributed by atoms with Crippen molar-refractivity contribution in [3.8, 4) is 0 Å². The molecule has 1 aromatic rings. The molecule has 0 aromatic carbocycles. The van der Waals surface area contributed by atoms with Crippen LogP contribution in [0.5, 0.6) is 0 Å². The number of aromatic nitrogens is 1. The number of rotatable bonds is 6. The highest BCUT2D eigenvalue weighted by Crippen LogP contribution is 2.25. The Balaban J connectivity index is 2.79. The molecule has 0 aliphatic carbocycles. The summed E-state index contributed by atoms with van der Waals surface area (Å²) in [6.07, 6.45) is 2.75. The maximum atomic E-state index is 10.9. The summed E-state index contributed by atoms with van der Waals surface area (Å²) in [4.78, 5) is 18.0. The predicted octanol–water partition coefficient (Wildman–Crippen LogP) is 2.39. The first-order valence-electron chi connectivity index (χ1n) is 5.42. The molecule has 2 unspecified atom stereocenters. The van der Waals surface area contributed by atoms with E-state index in [0.717, 1.165) is 11.3 Å². The molecule has 2 atom stereocenters. The Bertz CT molecular complexity index is 327. The molecular formula is C11H18N2O2S. The Labute approximate surface area is 99.9 Å². The van der Waals surface area contributed by atoms with E-state index in [1.165, 1.54) is 0 Å². The predicted molar refractivity (Wildman–Crippen MR) is 64.6 cm³/mol. The first-order valence-corrected chi connectivity index (χ1v) is 6.30. The molecule has 1 heterocycles. The molecule has 0 saturated carbocycles. The zero-order valence-electron chi connectivity index (χ0n) is 9.88. The molecule has 0 aliphatic heterocycles. The molecular weight excluding hydrogens is 224 g/mol. The van der Waals surface area contributed by atoms with Gasteiger partial charge in [0.15, 0.2) is 0 Å². The number of carboxylic acid groups (broad SMARTS) is 1. The third-order valence-electron chi connectivity index (χ3n) is 2.84. The number of hydrogen-bond acceptors (Lipinski definition) is 4. The summed E-state index contributed by atoms with van der Waals surface area (Å²) in [5.74, 6) is -0.781. The molecule has 0 aliphatic rings. The van der Waals surface area contributed by atoms with E-state index in [1.807, 2.05) is 18.0 Å². The zero-order valence-corrected chi connectivity index (χ0v) is 10.7. The van der Waals surface area contributed by atoms with E-state index in [-0.39, 0.29) is 18.6 Å². The number of nitrogens with zero attached hydrogens (tertiary/aromatic N) is 2. The van der Waals surface area contributed by atoms with Crippen molar-refractivity contribution in [3.05, 3.63) is 16.6 Å². The minimum Gasteiger partial charge on any atom is -0.480 e. The first-order chi connectivity index (χ1) is 7.56. The fourth-order valence-corrected chi connectivity index (χ4v) is 2.36. The maximum Gasteiger partial charge on any atom is 0.317 e. The van der Waals surface area contributed by atoms with Gasteiger partial charge in [0.05, 0.1) is 12.1 Å². The average molecular weight is 242 g/mol. The van der Waals surface area contributed by atoms with Gasteiger partial charge in [0.2, 0.25) is 0 Å². The minimum absolute atomic E-state index is 0.0775. The smallest absolute Gasteiger partial charge is 0.317 e. The van der Waals surface area contributed by atoms with Crippen molar-refractivity contribution in [2.45, 2.75) is 39.3 Å². The van der Waals surface area contributed by atoms with Crippen LogP contribution in [0, 0.1) is 0 Å². The summed E-state index contributed by atoms with van der Waals surface area (Å²) in [5.41, 5.74) is 1.78. The molecule has 0 spiro atoms. The normalized spacial score (nSPS) is 15.0. The summed E-state index contributed by atoms with van der Waals surface area (Å²) in [6.45, 7) is 6.23. The van der Waals surface area contributed by atoms with Gasteiger partial charge in [0, 0.05) is 23.2 Å². The van der Waals surface area contributed by atoms with Crippen LogP contribution < -0.4 is 0 Å². The standard InChI is InChI=1S/C11H18N2O2S/c1-4-8(2)13(6-11(14)15)9(3)10-5-12-7-16-10/h5,7-9H,4,6H2,1-3H3,(H,14,15). The van der Waals surface area contributed by atoms with Crippen molar-refractivity contribution >= 4 is 17.3 Å². The zero-order chi connectivity index (χ0) is 12.1. The molecule has 1 N–H and O–H groups in total. The van der Waals surface area contributed by atoms with Gasteiger partial charge < -0.3 is 5.11 Å². The first kappa shape index (κ1) is 13.1. The third kappa shape index (κ3) is 3.28. The van der Waals surface area contributed by atoms with E-state index in [1.54, 1.807) is 16.8 Å². The van der Waals surface area contributed by atoms with Crippen LogP contribution in [0.25, 0.3) is 0 Å². The highest BCUT2D eigenvalue weighted by Gasteiger charge is 2.23. The summed E-state index contributed by atoms with van der Waals surface area (Å²) >= 11 is 1.57. The number of aliphatic carboxylic acids is 1. The third-order valence-corrected chi connectivity index (χ3v) is 3.78. The summed E-state index contributed by atoms with van der Waals surface area (Å²) in [7, 11) is 0. The molecule has 0 saturated heterocycles. The lowest BCUT2D eigenvalue weighted by molar-refractivity contribution is -0.139. The number of thiazole rings is 1. The highest BCUT2D eigenvalue weighted by atomic mass is 32.1. The minimum atomic E-state index is -0.781. The SMILES string of the molecule is CCC(C)N(CC(=O)O)C(C)c1cncs1. The van der Waals surface area contributed by atoms with E-state index in [2.05, 4.69) is 18.8 Å². The van der Waals surface area contributed by atoms with E-state index < -0.39 is 5.97 Å². The molecule has 0 fully saturated rings. The lowest BCUT2D eigenvalue weighted by atomic mass is 10.1. The monoisotopic (exact) mass is 242 g/mol. The fraction of sp³-hybridized carbons (Fsp3) is 0.636. The molecule has 4 nitrogen and oxygen atoms in total. The van der Waals surface area contributed by atoms with E-state index in [0.29, 0.717) is 0 Å². The van der Waals surface area contributed by atoms with Crippen LogP contribution >= 0.6 is 11.3 Å². The number of carboxylic acids is 1. The van der Waals surface area contributed by atoms with Gasteiger partial charge in [-0.05, 0) is 20.3 Å². The van der Waals surface area contributed by atoms with Crippen LogP contribution in [0.2, 0.25) is 0 Å². The van der Waals surface area contributed by atoms with Gasteiger partial charge >= 0.3 is 5.97 Å². The van der Waals surface area contributed by atoms with Gasteiger partial charge in [-0.3, -0.25) is 14.7 Å². The van der Waals surface area contributed by atoms with Gasteiger partial charge in [-0.15, -0.1) is 11.3 Å². The Morgan fingerprint density at radius 1 is 1.62 bits per heavy atom. The molecule has 5 heteroatoms.